The van der Waals surface area contributed by atoms with Crippen molar-refractivity contribution in [1.82, 2.24) is 0 Å². The summed E-state index contributed by atoms with van der Waals surface area (Å²) in [6, 6.07) is 9.88. The summed E-state index contributed by atoms with van der Waals surface area (Å²) in [5.41, 5.74) is 0.696. The number of rotatable bonds is 4. The van der Waals surface area contributed by atoms with Gasteiger partial charge < -0.3 is 14.2 Å². The van der Waals surface area contributed by atoms with Crippen molar-refractivity contribution in [2.75, 3.05) is 31.8 Å². The lowest BCUT2D eigenvalue weighted by atomic mass is 9.98. The molecule has 0 N–H and O–H groups in total. The molecule has 2 aromatic rings. The topological polar surface area (TPSA) is 60.4 Å². The predicted octanol–water partition coefficient (Wildman–Crippen LogP) is 6.91. The van der Waals surface area contributed by atoms with Crippen LogP contribution in [0.15, 0.2) is 65.3 Å². The highest BCUT2D eigenvalue weighted by atomic mass is 35.5. The largest absolute Gasteiger partial charge is 0.495 e. The van der Waals surface area contributed by atoms with E-state index in [1.807, 2.05) is 0 Å². The Labute approximate surface area is 222 Å². The molecule has 2 aromatic carbocycles. The van der Waals surface area contributed by atoms with Crippen LogP contribution in [0.1, 0.15) is 31.1 Å². The van der Waals surface area contributed by atoms with Gasteiger partial charge in [-0.05, 0) is 36.8 Å². The molecular formula is C26H25Cl2F3N2O4. The molecule has 11 heteroatoms. The number of carbonyl (C=O) groups is 1. The number of ether oxygens (including phenoxy) is 3. The fourth-order valence-electron chi connectivity index (χ4n) is 3.92. The molecule has 0 saturated heterocycles. The fourth-order valence-corrected chi connectivity index (χ4v) is 4.40. The second-order valence-corrected chi connectivity index (χ2v) is 8.86. The minimum absolute atomic E-state index is 0.0441. The summed E-state index contributed by atoms with van der Waals surface area (Å²) in [4.78, 5) is 15.4. The van der Waals surface area contributed by atoms with Gasteiger partial charge in [-0.2, -0.15) is 13.2 Å². The van der Waals surface area contributed by atoms with E-state index in [9.17, 15) is 18.0 Å². The monoisotopic (exact) mass is 556 g/mol. The van der Waals surface area contributed by atoms with Gasteiger partial charge >= 0.3 is 12.1 Å². The van der Waals surface area contributed by atoms with E-state index in [0.717, 1.165) is 4.90 Å². The first-order valence-electron chi connectivity index (χ1n) is 11.1. The van der Waals surface area contributed by atoms with E-state index in [1.165, 1.54) is 27.0 Å². The number of allylic oxidation sites excluding steroid dienone is 1. The number of carbonyl (C=O) groups excluding carboxylic acids is 1. The van der Waals surface area contributed by atoms with Gasteiger partial charge in [0.25, 0.3) is 0 Å². The lowest BCUT2D eigenvalue weighted by Crippen LogP contribution is -2.42. The third-order valence-electron chi connectivity index (χ3n) is 5.45. The Kier molecular flexibility index (Phi) is 9.28. The Bertz CT molecular complexity index is 1240. The van der Waals surface area contributed by atoms with Crippen molar-refractivity contribution >= 4 is 40.7 Å². The minimum Gasteiger partial charge on any atom is -0.495 e. The van der Waals surface area contributed by atoms with E-state index in [-0.39, 0.29) is 30.5 Å². The van der Waals surface area contributed by atoms with E-state index in [4.69, 9.17) is 32.7 Å². The van der Waals surface area contributed by atoms with Gasteiger partial charge in [-0.1, -0.05) is 48.0 Å². The highest BCUT2D eigenvalue weighted by Crippen LogP contribution is 2.46. The van der Waals surface area contributed by atoms with Gasteiger partial charge in [0.2, 0.25) is 0 Å². The molecule has 2 heterocycles. The molecule has 0 bridgehead atoms. The molecule has 198 valence electrons. The van der Waals surface area contributed by atoms with Gasteiger partial charge in [0.1, 0.15) is 36.6 Å². The van der Waals surface area contributed by atoms with Gasteiger partial charge in [-0.3, -0.25) is 14.7 Å². The van der Waals surface area contributed by atoms with Crippen LogP contribution in [0, 0.1) is 0 Å². The van der Waals surface area contributed by atoms with Gasteiger partial charge in [0, 0.05) is 23.1 Å². The Morgan fingerprint density at radius 2 is 2.00 bits per heavy atom. The van der Waals surface area contributed by atoms with Crippen molar-refractivity contribution in [3.05, 3.63) is 81.5 Å². The van der Waals surface area contributed by atoms with Crippen molar-refractivity contribution in [2.45, 2.75) is 26.1 Å². The normalized spacial score (nSPS) is 16.9. The molecule has 0 amide bonds. The van der Waals surface area contributed by atoms with Crippen LogP contribution in [0.4, 0.5) is 18.9 Å². The maximum absolute atomic E-state index is 14.0. The van der Waals surface area contributed by atoms with Gasteiger partial charge in [-0.15, -0.1) is 0 Å². The summed E-state index contributed by atoms with van der Waals surface area (Å²) in [6.45, 7) is 6.29. The Morgan fingerprint density at radius 3 is 2.59 bits per heavy atom. The Hall–Kier alpha value is -3.01. The molecule has 0 saturated carbocycles. The summed E-state index contributed by atoms with van der Waals surface area (Å²) >= 11 is 12.7. The Morgan fingerprint density at radius 1 is 1.27 bits per heavy atom. The third kappa shape index (κ3) is 6.47. The third-order valence-corrected chi connectivity index (χ3v) is 6.08. The molecule has 0 fully saturated rings. The van der Waals surface area contributed by atoms with Crippen molar-refractivity contribution in [3.8, 4) is 5.75 Å². The van der Waals surface area contributed by atoms with Gasteiger partial charge in [0.05, 0.1) is 24.4 Å². The van der Waals surface area contributed by atoms with Crippen molar-refractivity contribution < 1.29 is 32.2 Å². The number of alkyl halides is 3. The molecule has 0 unspecified atom stereocenters. The van der Waals surface area contributed by atoms with Crippen LogP contribution in [-0.4, -0.2) is 44.8 Å². The second kappa shape index (κ2) is 12.0. The van der Waals surface area contributed by atoms with E-state index in [0.29, 0.717) is 39.2 Å². The number of fused-ring (bicyclic) bond motifs is 3. The number of anilines is 1. The number of hydrogen-bond donors (Lipinski definition) is 0. The quantitative estimate of drug-likeness (QED) is 0.302. The number of halogens is 5. The number of methoxy groups -OCH3 is 1. The number of amidine groups is 1. The first kappa shape index (κ1) is 28.6. The van der Waals surface area contributed by atoms with Gasteiger partial charge in [-0.25, -0.2) is 0 Å². The zero-order chi connectivity index (χ0) is 27.3. The van der Waals surface area contributed by atoms with Crippen LogP contribution in [0.2, 0.25) is 10.0 Å². The van der Waals surface area contributed by atoms with Crippen LogP contribution in [0.3, 0.4) is 0 Å². The van der Waals surface area contributed by atoms with Crippen LogP contribution >= 0.6 is 23.2 Å². The molecule has 2 aliphatic heterocycles. The summed E-state index contributed by atoms with van der Waals surface area (Å²) in [7, 11) is 1.49. The predicted molar refractivity (Wildman–Crippen MR) is 138 cm³/mol. The van der Waals surface area contributed by atoms with Crippen molar-refractivity contribution in [2.24, 2.45) is 4.99 Å². The van der Waals surface area contributed by atoms with Gasteiger partial charge in [0.15, 0.2) is 0 Å². The SMILES string of the molecule is C=CCOC(C)=O.COc1cccc([C@H]2OCC3=NCC(C)=C(C(F)(F)F)N3c3ccc(Cl)cc32)c1Cl. The smallest absolute Gasteiger partial charge is 0.431 e. The highest BCUT2D eigenvalue weighted by Gasteiger charge is 2.45. The van der Waals surface area contributed by atoms with E-state index in [2.05, 4.69) is 16.3 Å². The molecule has 6 nitrogen and oxygen atoms in total. The lowest BCUT2D eigenvalue weighted by Gasteiger charge is -2.33. The molecule has 37 heavy (non-hydrogen) atoms. The van der Waals surface area contributed by atoms with Crippen LogP contribution < -0.4 is 9.64 Å². The average molecular weight is 557 g/mol. The lowest BCUT2D eigenvalue weighted by molar-refractivity contribution is -0.139. The first-order chi connectivity index (χ1) is 17.5. The number of esters is 1. The maximum Gasteiger partial charge on any atom is 0.431 e. The standard InChI is InChI=1S/C21H17Cl2F3N2O2.C5H8O2/c1-11-9-27-17-10-30-19(13-4-3-5-16(29-2)18(13)23)14-8-12(22)6-7-15(14)28(17)20(11)21(24,25)26;1-3-4-7-5(2)6/h3-8,19H,9-10H2,1-2H3;3H,1,4H2,2H3/t19-;/m1./s1. The average Bonchev–Trinajstić information content (AvgIpc) is 2.99. The molecule has 4 rings (SSSR count). The number of aliphatic imine (C=N–C) groups is 1. The molecule has 0 spiro atoms. The van der Waals surface area contributed by atoms with E-state index in [1.54, 1.807) is 36.4 Å². The number of hydrogen-bond acceptors (Lipinski definition) is 6. The van der Waals surface area contributed by atoms with E-state index >= 15 is 0 Å². The molecule has 0 radical (unpaired) electrons. The van der Waals surface area contributed by atoms with Crippen molar-refractivity contribution in [1.29, 1.82) is 0 Å². The Balaban J connectivity index is 0.000000479. The molecular weight excluding hydrogens is 532 g/mol. The summed E-state index contributed by atoms with van der Waals surface area (Å²) in [6.07, 6.45) is -3.79. The maximum atomic E-state index is 14.0. The first-order valence-corrected chi connectivity index (χ1v) is 11.8. The summed E-state index contributed by atoms with van der Waals surface area (Å²) in [5, 5.41) is 0.688. The minimum atomic E-state index is -4.56. The second-order valence-electron chi connectivity index (χ2n) is 8.04. The van der Waals surface area contributed by atoms with Crippen LogP contribution in [-0.2, 0) is 14.3 Å². The summed E-state index contributed by atoms with van der Waals surface area (Å²) in [5.74, 6) is 0.352. The number of nitrogens with zero attached hydrogens (tertiary/aromatic N) is 2. The molecule has 0 aliphatic carbocycles. The van der Waals surface area contributed by atoms with Crippen molar-refractivity contribution in [3.63, 3.8) is 0 Å². The molecule has 1 atom stereocenters. The summed E-state index contributed by atoms with van der Waals surface area (Å²) < 4.78 is 57.8. The fraction of sp³-hybridized carbons (Fsp3) is 0.308. The molecule has 0 aromatic heterocycles. The highest BCUT2D eigenvalue weighted by molar-refractivity contribution is 6.33. The number of benzene rings is 2. The van der Waals surface area contributed by atoms with Crippen LogP contribution in [0.25, 0.3) is 0 Å². The zero-order valence-electron chi connectivity index (χ0n) is 20.4. The van der Waals surface area contributed by atoms with E-state index < -0.39 is 18.0 Å². The molecule has 2 aliphatic rings. The van der Waals surface area contributed by atoms with Crippen LogP contribution in [0.5, 0.6) is 5.75 Å². The zero-order valence-corrected chi connectivity index (χ0v) is 21.9.